The van der Waals surface area contributed by atoms with Gasteiger partial charge in [0.2, 0.25) is 0 Å². The van der Waals surface area contributed by atoms with Crippen molar-refractivity contribution in [1.29, 1.82) is 0 Å². The summed E-state index contributed by atoms with van der Waals surface area (Å²) in [6.07, 6.45) is -0.188. The molecule has 0 aliphatic rings. The molecule has 0 saturated heterocycles. The molecule has 0 bridgehead atoms. The Morgan fingerprint density at radius 1 is 1.70 bits per heavy atom. The number of aliphatic hydroxyl groups is 1. The lowest BCUT2D eigenvalue weighted by Gasteiger charge is -2.08. The summed E-state index contributed by atoms with van der Waals surface area (Å²) in [5, 5.41) is 8.86. The van der Waals surface area contributed by atoms with Crippen molar-refractivity contribution >= 4 is 7.37 Å². The predicted molar refractivity (Wildman–Crippen MR) is 40.3 cm³/mol. The lowest BCUT2D eigenvalue weighted by Crippen LogP contribution is -2.20. The zero-order valence-corrected chi connectivity index (χ0v) is 6.92. The van der Waals surface area contributed by atoms with E-state index in [1.807, 2.05) is 0 Å². The van der Waals surface area contributed by atoms with Crippen molar-refractivity contribution in [3.63, 3.8) is 0 Å². The number of hydrogen-bond donors (Lipinski definition) is 3. The minimum atomic E-state index is -2.95. The first kappa shape index (κ1) is 10.1. The molecule has 0 radical (unpaired) electrons. The lowest BCUT2D eigenvalue weighted by molar-refractivity contribution is 0.178. The molecule has 0 fully saturated rings. The molecule has 0 aliphatic carbocycles. The molecule has 0 aromatic rings. The molecule has 2 atom stereocenters. The van der Waals surface area contributed by atoms with Crippen LogP contribution < -0.4 is 5.73 Å². The van der Waals surface area contributed by atoms with Crippen molar-refractivity contribution in [2.24, 2.45) is 5.73 Å². The van der Waals surface area contributed by atoms with Gasteiger partial charge in [-0.3, -0.25) is 4.57 Å². The van der Waals surface area contributed by atoms with Crippen LogP contribution in [0, 0.1) is 0 Å². The summed E-state index contributed by atoms with van der Waals surface area (Å²) in [6, 6.07) is 0. The third kappa shape index (κ3) is 6.23. The number of nitrogens with two attached hydrogens (primary N) is 1. The molecular weight excluding hydrogens is 153 g/mol. The van der Waals surface area contributed by atoms with E-state index in [9.17, 15) is 4.57 Å². The summed E-state index contributed by atoms with van der Waals surface area (Å²) in [7, 11) is -2.95. The topological polar surface area (TPSA) is 83.5 Å². The Hall–Kier alpha value is 0.110. The predicted octanol–water partition coefficient (Wildman–Crippen LogP) is -0.404. The van der Waals surface area contributed by atoms with Crippen LogP contribution >= 0.6 is 7.37 Å². The summed E-state index contributed by atoms with van der Waals surface area (Å²) >= 11 is 0. The molecule has 10 heavy (non-hydrogen) atoms. The maximum atomic E-state index is 10.6. The van der Waals surface area contributed by atoms with Crippen LogP contribution in [0.15, 0.2) is 0 Å². The van der Waals surface area contributed by atoms with E-state index in [1.54, 1.807) is 0 Å². The minimum absolute atomic E-state index is 0.144. The second-order valence-corrected chi connectivity index (χ2v) is 5.00. The Bertz CT molecular complexity index is 133. The van der Waals surface area contributed by atoms with Crippen LogP contribution in [-0.4, -0.2) is 35.5 Å². The first-order valence-electron chi connectivity index (χ1n) is 3.13. The third-order valence-electron chi connectivity index (χ3n) is 1.15. The van der Waals surface area contributed by atoms with Crippen LogP contribution in [0.4, 0.5) is 0 Å². The minimum Gasteiger partial charge on any atom is -0.392 e. The van der Waals surface area contributed by atoms with Crippen molar-refractivity contribution in [1.82, 2.24) is 0 Å². The molecular formula is C5H14NO3P. The molecule has 62 valence electrons. The highest BCUT2D eigenvalue weighted by molar-refractivity contribution is 7.57. The summed E-state index contributed by atoms with van der Waals surface area (Å²) in [6.45, 7) is 1.43. The fraction of sp³-hybridized carbons (Fsp3) is 1.00. The van der Waals surface area contributed by atoms with Gasteiger partial charge in [-0.05, 0) is 6.42 Å². The van der Waals surface area contributed by atoms with Gasteiger partial charge in [-0.2, -0.15) is 0 Å². The van der Waals surface area contributed by atoms with Gasteiger partial charge in [0.15, 0.2) is 7.37 Å². The van der Waals surface area contributed by atoms with E-state index in [2.05, 4.69) is 0 Å². The first-order chi connectivity index (χ1) is 4.45. The Morgan fingerprint density at radius 2 is 2.20 bits per heavy atom. The van der Waals surface area contributed by atoms with Crippen molar-refractivity contribution in [2.75, 3.05) is 19.4 Å². The highest BCUT2D eigenvalue weighted by Crippen LogP contribution is 2.35. The SMILES string of the molecule is CP(=O)(O)CCC(O)CN. The molecule has 4 nitrogen and oxygen atoms in total. The largest absolute Gasteiger partial charge is 0.392 e. The van der Waals surface area contributed by atoms with Gasteiger partial charge in [-0.15, -0.1) is 0 Å². The van der Waals surface area contributed by atoms with Gasteiger partial charge in [0.05, 0.1) is 6.10 Å². The maximum Gasteiger partial charge on any atom is 0.197 e. The molecule has 0 spiro atoms. The van der Waals surface area contributed by atoms with Gasteiger partial charge in [-0.25, -0.2) is 0 Å². The van der Waals surface area contributed by atoms with Crippen LogP contribution in [0.5, 0.6) is 0 Å². The van der Waals surface area contributed by atoms with Gasteiger partial charge in [0.25, 0.3) is 0 Å². The van der Waals surface area contributed by atoms with Crippen molar-refractivity contribution < 1.29 is 14.6 Å². The highest BCUT2D eigenvalue weighted by Gasteiger charge is 2.11. The molecule has 0 aliphatic heterocycles. The van der Waals surface area contributed by atoms with E-state index in [-0.39, 0.29) is 12.7 Å². The van der Waals surface area contributed by atoms with Crippen LogP contribution in [0.25, 0.3) is 0 Å². The maximum absolute atomic E-state index is 10.6. The van der Waals surface area contributed by atoms with Crippen molar-refractivity contribution in [2.45, 2.75) is 12.5 Å². The van der Waals surface area contributed by atoms with E-state index < -0.39 is 13.5 Å². The zero-order valence-electron chi connectivity index (χ0n) is 6.03. The fourth-order valence-corrected chi connectivity index (χ4v) is 1.28. The van der Waals surface area contributed by atoms with Gasteiger partial charge in [-0.1, -0.05) is 0 Å². The van der Waals surface area contributed by atoms with Crippen LogP contribution in [0.1, 0.15) is 6.42 Å². The van der Waals surface area contributed by atoms with Crippen molar-refractivity contribution in [3.05, 3.63) is 0 Å². The molecule has 0 heterocycles. The average Bonchev–Trinajstić information content (AvgIpc) is 1.81. The second-order valence-electron chi connectivity index (χ2n) is 2.45. The molecule has 2 unspecified atom stereocenters. The van der Waals surface area contributed by atoms with Gasteiger partial charge in [0.1, 0.15) is 0 Å². The van der Waals surface area contributed by atoms with E-state index in [4.69, 9.17) is 15.7 Å². The number of rotatable bonds is 4. The Kier molecular flexibility index (Phi) is 4.13. The summed E-state index contributed by atoms with van der Waals surface area (Å²) < 4.78 is 10.6. The first-order valence-corrected chi connectivity index (χ1v) is 5.42. The normalized spacial score (nSPS) is 20.0. The molecule has 0 rings (SSSR count). The smallest absolute Gasteiger partial charge is 0.197 e. The van der Waals surface area contributed by atoms with Crippen LogP contribution in [0.2, 0.25) is 0 Å². The summed E-state index contributed by atoms with van der Waals surface area (Å²) in [4.78, 5) is 8.77. The van der Waals surface area contributed by atoms with E-state index in [0.717, 1.165) is 0 Å². The molecule has 0 aromatic heterocycles. The summed E-state index contributed by atoms with van der Waals surface area (Å²) in [5.74, 6) is 0. The van der Waals surface area contributed by atoms with E-state index in [0.29, 0.717) is 6.42 Å². The molecule has 5 heteroatoms. The zero-order chi connectivity index (χ0) is 8.20. The van der Waals surface area contributed by atoms with Gasteiger partial charge in [0, 0.05) is 19.4 Å². The Balaban J connectivity index is 3.46. The standard InChI is InChI=1S/C5H14NO3P/c1-10(8,9)3-2-5(7)4-6/h5,7H,2-4,6H2,1H3,(H,8,9). The van der Waals surface area contributed by atoms with Crippen LogP contribution in [-0.2, 0) is 4.57 Å². The fourth-order valence-electron chi connectivity index (χ4n) is 0.506. The highest BCUT2D eigenvalue weighted by atomic mass is 31.2. The summed E-state index contributed by atoms with van der Waals surface area (Å²) in [5.41, 5.74) is 5.08. The molecule has 0 amide bonds. The quantitative estimate of drug-likeness (QED) is 0.497. The van der Waals surface area contributed by atoms with Crippen LogP contribution in [0.3, 0.4) is 0 Å². The molecule has 0 aromatic carbocycles. The molecule has 4 N–H and O–H groups in total. The van der Waals surface area contributed by atoms with Crippen molar-refractivity contribution in [3.8, 4) is 0 Å². The Morgan fingerprint density at radius 3 is 2.50 bits per heavy atom. The average molecular weight is 167 g/mol. The number of hydrogen-bond acceptors (Lipinski definition) is 3. The Labute approximate surface area is 60.5 Å². The monoisotopic (exact) mass is 167 g/mol. The second kappa shape index (κ2) is 4.09. The number of aliphatic hydroxyl groups excluding tert-OH is 1. The van der Waals surface area contributed by atoms with E-state index >= 15 is 0 Å². The molecule has 0 saturated carbocycles. The third-order valence-corrected chi connectivity index (χ3v) is 2.24. The van der Waals surface area contributed by atoms with Gasteiger partial charge >= 0.3 is 0 Å². The van der Waals surface area contributed by atoms with Gasteiger partial charge < -0.3 is 15.7 Å². The van der Waals surface area contributed by atoms with E-state index in [1.165, 1.54) is 6.66 Å². The lowest BCUT2D eigenvalue weighted by atomic mass is 10.3.